The summed E-state index contributed by atoms with van der Waals surface area (Å²) in [6.45, 7) is 4.17. The molecule has 0 amide bonds. The molecule has 0 aliphatic carbocycles. The van der Waals surface area contributed by atoms with Gasteiger partial charge in [0, 0.05) is 22.8 Å². The molecule has 4 nitrogen and oxygen atoms in total. The maximum absolute atomic E-state index is 4.35. The Hall–Kier alpha value is -1.62. The number of halogens is 1. The van der Waals surface area contributed by atoms with E-state index >= 15 is 0 Å². The normalized spacial score (nSPS) is 10.3. The van der Waals surface area contributed by atoms with Gasteiger partial charge in [-0.3, -0.25) is 0 Å². The summed E-state index contributed by atoms with van der Waals surface area (Å²) in [5.41, 5.74) is 3.31. The number of rotatable bonds is 4. The molecule has 0 aliphatic heterocycles. The fourth-order valence-corrected chi connectivity index (χ4v) is 2.29. The highest BCUT2D eigenvalue weighted by atomic mass is 79.9. The van der Waals surface area contributed by atoms with Crippen molar-refractivity contribution < 1.29 is 0 Å². The van der Waals surface area contributed by atoms with Crippen LogP contribution in [0.25, 0.3) is 0 Å². The van der Waals surface area contributed by atoms with Crippen LogP contribution < -0.4 is 10.6 Å². The van der Waals surface area contributed by atoms with Crippen molar-refractivity contribution in [3.8, 4) is 0 Å². The lowest BCUT2D eigenvalue weighted by Gasteiger charge is -2.14. The van der Waals surface area contributed by atoms with Crippen LogP contribution in [0, 0.1) is 6.92 Å². The third kappa shape index (κ3) is 3.04. The minimum atomic E-state index is 0.850. The number of hydrogen-bond acceptors (Lipinski definition) is 4. The lowest BCUT2D eigenvalue weighted by atomic mass is 10.1. The Bertz CT molecular complexity index is 584. The van der Waals surface area contributed by atoms with Crippen LogP contribution >= 0.6 is 15.9 Å². The van der Waals surface area contributed by atoms with Crippen molar-refractivity contribution in [2.45, 2.75) is 20.3 Å². The molecule has 2 rings (SSSR count). The first-order valence-electron chi connectivity index (χ1n) is 6.20. The van der Waals surface area contributed by atoms with Crippen LogP contribution in [0.4, 0.5) is 17.3 Å². The molecule has 0 aliphatic rings. The molecule has 5 heteroatoms. The fourth-order valence-electron chi connectivity index (χ4n) is 1.93. The Morgan fingerprint density at radius 1 is 1.21 bits per heavy atom. The van der Waals surface area contributed by atoms with Crippen molar-refractivity contribution in [2.24, 2.45) is 0 Å². The monoisotopic (exact) mass is 320 g/mol. The summed E-state index contributed by atoms with van der Waals surface area (Å²) in [7, 11) is 1.87. The van der Waals surface area contributed by atoms with Crippen LogP contribution in [0.3, 0.4) is 0 Å². The van der Waals surface area contributed by atoms with Crippen molar-refractivity contribution in [3.63, 3.8) is 0 Å². The molecule has 0 spiro atoms. The fraction of sp³-hybridized carbons (Fsp3) is 0.286. The largest absolute Gasteiger partial charge is 0.373 e. The smallest absolute Gasteiger partial charge is 0.139 e. The van der Waals surface area contributed by atoms with E-state index in [-0.39, 0.29) is 0 Å². The summed E-state index contributed by atoms with van der Waals surface area (Å²) in [5.74, 6) is 1.72. The van der Waals surface area contributed by atoms with Crippen molar-refractivity contribution >= 4 is 33.3 Å². The van der Waals surface area contributed by atoms with Crippen LogP contribution in [-0.4, -0.2) is 17.0 Å². The first-order chi connectivity index (χ1) is 9.15. The molecule has 0 fully saturated rings. The Morgan fingerprint density at radius 3 is 2.63 bits per heavy atom. The van der Waals surface area contributed by atoms with Gasteiger partial charge in [-0.15, -0.1) is 0 Å². The molecule has 0 bridgehead atoms. The van der Waals surface area contributed by atoms with E-state index in [1.165, 1.54) is 5.56 Å². The summed E-state index contributed by atoms with van der Waals surface area (Å²) in [6.07, 6.45) is 2.44. The lowest BCUT2D eigenvalue weighted by molar-refractivity contribution is 1.05. The van der Waals surface area contributed by atoms with E-state index in [0.717, 1.165) is 33.8 Å². The highest BCUT2D eigenvalue weighted by Crippen LogP contribution is 2.27. The molecule has 1 heterocycles. The van der Waals surface area contributed by atoms with Crippen molar-refractivity contribution in [1.82, 2.24) is 9.97 Å². The molecule has 2 N–H and O–H groups in total. The summed E-state index contributed by atoms with van der Waals surface area (Å²) >= 11 is 3.49. The Kier molecular flexibility index (Phi) is 4.37. The molecule has 2 aromatic rings. The average Bonchev–Trinajstić information content (AvgIpc) is 2.42. The summed E-state index contributed by atoms with van der Waals surface area (Å²) in [6, 6.07) is 6.15. The predicted molar refractivity (Wildman–Crippen MR) is 83.1 cm³/mol. The third-order valence-electron chi connectivity index (χ3n) is 2.99. The van der Waals surface area contributed by atoms with Gasteiger partial charge in [-0.2, -0.15) is 0 Å². The Balaban J connectivity index is 2.40. The number of nitrogens with one attached hydrogen (secondary N) is 2. The molecule has 0 atom stereocenters. The minimum Gasteiger partial charge on any atom is -0.373 e. The lowest BCUT2D eigenvalue weighted by Crippen LogP contribution is -2.05. The number of aromatic nitrogens is 2. The van der Waals surface area contributed by atoms with Gasteiger partial charge in [0.05, 0.1) is 0 Å². The number of aryl methyl sites for hydroxylation is 1. The highest BCUT2D eigenvalue weighted by molar-refractivity contribution is 9.10. The van der Waals surface area contributed by atoms with Crippen LogP contribution in [-0.2, 0) is 6.42 Å². The number of anilines is 3. The van der Waals surface area contributed by atoms with E-state index in [0.29, 0.717) is 0 Å². The van der Waals surface area contributed by atoms with E-state index in [4.69, 9.17) is 0 Å². The number of benzene rings is 1. The maximum atomic E-state index is 4.35. The zero-order chi connectivity index (χ0) is 13.8. The molecular weight excluding hydrogens is 304 g/mol. The molecule has 0 saturated heterocycles. The van der Waals surface area contributed by atoms with E-state index in [1.807, 2.05) is 13.1 Å². The second kappa shape index (κ2) is 6.02. The van der Waals surface area contributed by atoms with Crippen LogP contribution in [0.2, 0.25) is 0 Å². The van der Waals surface area contributed by atoms with Crippen molar-refractivity contribution in [1.29, 1.82) is 0 Å². The zero-order valence-corrected chi connectivity index (χ0v) is 12.9. The molecular formula is C14H17BrN4. The summed E-state index contributed by atoms with van der Waals surface area (Å²) < 4.78 is 1.04. The molecule has 1 aromatic carbocycles. The van der Waals surface area contributed by atoms with Crippen molar-refractivity contribution in [3.05, 3.63) is 40.1 Å². The van der Waals surface area contributed by atoms with Gasteiger partial charge in [0.25, 0.3) is 0 Å². The van der Waals surface area contributed by atoms with Gasteiger partial charge in [0.2, 0.25) is 0 Å². The predicted octanol–water partition coefficient (Wildman–Crippen LogP) is 3.90. The quantitative estimate of drug-likeness (QED) is 0.897. The van der Waals surface area contributed by atoms with Gasteiger partial charge < -0.3 is 10.6 Å². The molecule has 0 radical (unpaired) electrons. The SMILES string of the molecule is CCc1c(NC)ncnc1Nc1cc(Br)ccc1C. The van der Waals surface area contributed by atoms with Gasteiger partial charge in [0.1, 0.15) is 18.0 Å². The van der Waals surface area contributed by atoms with Crippen LogP contribution in [0.5, 0.6) is 0 Å². The number of hydrogen-bond donors (Lipinski definition) is 2. The van der Waals surface area contributed by atoms with E-state index < -0.39 is 0 Å². The third-order valence-corrected chi connectivity index (χ3v) is 3.48. The second-order valence-electron chi connectivity index (χ2n) is 4.24. The Labute approximate surface area is 121 Å². The van der Waals surface area contributed by atoms with Crippen LogP contribution in [0.15, 0.2) is 29.0 Å². The topological polar surface area (TPSA) is 49.8 Å². The van der Waals surface area contributed by atoms with Gasteiger partial charge in [-0.1, -0.05) is 28.9 Å². The van der Waals surface area contributed by atoms with Crippen LogP contribution in [0.1, 0.15) is 18.1 Å². The number of nitrogens with zero attached hydrogens (tertiary/aromatic N) is 2. The maximum Gasteiger partial charge on any atom is 0.139 e. The summed E-state index contributed by atoms with van der Waals surface area (Å²) in [4.78, 5) is 8.59. The van der Waals surface area contributed by atoms with E-state index in [2.05, 4.69) is 62.5 Å². The van der Waals surface area contributed by atoms with Gasteiger partial charge in [-0.25, -0.2) is 9.97 Å². The second-order valence-corrected chi connectivity index (χ2v) is 5.15. The molecule has 0 saturated carbocycles. The molecule has 100 valence electrons. The molecule has 19 heavy (non-hydrogen) atoms. The Morgan fingerprint density at radius 2 is 1.95 bits per heavy atom. The molecule has 0 unspecified atom stereocenters. The minimum absolute atomic E-state index is 0.850. The highest BCUT2D eigenvalue weighted by Gasteiger charge is 2.10. The first-order valence-corrected chi connectivity index (χ1v) is 6.99. The van der Waals surface area contributed by atoms with Gasteiger partial charge in [-0.05, 0) is 31.0 Å². The zero-order valence-electron chi connectivity index (χ0n) is 11.3. The summed E-state index contributed by atoms with van der Waals surface area (Å²) in [5, 5.41) is 6.48. The van der Waals surface area contributed by atoms with Gasteiger partial charge in [0.15, 0.2) is 0 Å². The molecule has 1 aromatic heterocycles. The van der Waals surface area contributed by atoms with E-state index in [9.17, 15) is 0 Å². The van der Waals surface area contributed by atoms with Gasteiger partial charge >= 0.3 is 0 Å². The van der Waals surface area contributed by atoms with E-state index in [1.54, 1.807) is 6.33 Å². The standard InChI is InChI=1S/C14H17BrN4/c1-4-11-13(16-3)17-8-18-14(11)19-12-7-10(15)6-5-9(12)2/h5-8H,4H2,1-3H3,(H2,16,17,18,19). The average molecular weight is 321 g/mol. The first kappa shape index (κ1) is 13.8. The van der Waals surface area contributed by atoms with Crippen molar-refractivity contribution in [2.75, 3.05) is 17.7 Å².